The Morgan fingerprint density at radius 3 is 3.05 bits per heavy atom. The standard InChI is InChI=1S/C15H19N3O3S/c1-2-21-11-3-4-12-13(9-11)17-15(16-12)22-10-14(19)18-5-7-20-8-6-18/h3-4,9H,2,5-8,10H2,1H3,(H,16,17). The van der Waals surface area contributed by atoms with E-state index >= 15 is 0 Å². The summed E-state index contributed by atoms with van der Waals surface area (Å²) in [6.45, 7) is 5.20. The first kappa shape index (κ1) is 15.2. The van der Waals surface area contributed by atoms with Crippen molar-refractivity contribution in [1.82, 2.24) is 14.9 Å². The van der Waals surface area contributed by atoms with Gasteiger partial charge < -0.3 is 19.4 Å². The number of benzene rings is 1. The second-order valence-corrected chi connectivity index (χ2v) is 5.90. The van der Waals surface area contributed by atoms with Gasteiger partial charge in [-0.2, -0.15) is 0 Å². The number of imidazole rings is 1. The maximum Gasteiger partial charge on any atom is 0.233 e. The number of hydrogen-bond acceptors (Lipinski definition) is 5. The number of amides is 1. The fourth-order valence-electron chi connectivity index (χ4n) is 2.32. The van der Waals surface area contributed by atoms with Crippen molar-refractivity contribution in [1.29, 1.82) is 0 Å². The summed E-state index contributed by atoms with van der Waals surface area (Å²) in [6, 6.07) is 5.75. The van der Waals surface area contributed by atoms with Crippen molar-refractivity contribution in [3.63, 3.8) is 0 Å². The zero-order valence-electron chi connectivity index (χ0n) is 12.5. The number of aromatic nitrogens is 2. The molecule has 1 aliphatic heterocycles. The van der Waals surface area contributed by atoms with Crippen LogP contribution in [0.15, 0.2) is 23.4 Å². The maximum absolute atomic E-state index is 12.1. The number of fused-ring (bicyclic) bond motifs is 1. The molecule has 1 aromatic carbocycles. The molecule has 1 aliphatic rings. The Hall–Kier alpha value is -1.73. The monoisotopic (exact) mass is 321 g/mol. The average molecular weight is 321 g/mol. The Bertz CT molecular complexity index is 653. The minimum absolute atomic E-state index is 0.128. The van der Waals surface area contributed by atoms with Gasteiger partial charge in [-0.1, -0.05) is 11.8 Å². The van der Waals surface area contributed by atoms with Gasteiger partial charge in [0.05, 0.1) is 36.6 Å². The van der Waals surface area contributed by atoms with Gasteiger partial charge in [0.2, 0.25) is 5.91 Å². The summed E-state index contributed by atoms with van der Waals surface area (Å²) >= 11 is 1.43. The first-order chi connectivity index (χ1) is 10.8. The van der Waals surface area contributed by atoms with E-state index < -0.39 is 0 Å². The van der Waals surface area contributed by atoms with E-state index in [0.717, 1.165) is 21.9 Å². The lowest BCUT2D eigenvalue weighted by Gasteiger charge is -2.26. The largest absolute Gasteiger partial charge is 0.494 e. The molecule has 0 aliphatic carbocycles. The Morgan fingerprint density at radius 1 is 1.45 bits per heavy atom. The van der Waals surface area contributed by atoms with Crippen LogP contribution in [0.2, 0.25) is 0 Å². The number of rotatable bonds is 5. The van der Waals surface area contributed by atoms with Crippen molar-refractivity contribution in [2.75, 3.05) is 38.7 Å². The Labute approximate surface area is 133 Å². The molecule has 0 spiro atoms. The van der Waals surface area contributed by atoms with Crippen LogP contribution >= 0.6 is 11.8 Å². The van der Waals surface area contributed by atoms with E-state index in [4.69, 9.17) is 9.47 Å². The van der Waals surface area contributed by atoms with Crippen molar-refractivity contribution < 1.29 is 14.3 Å². The van der Waals surface area contributed by atoms with E-state index in [0.29, 0.717) is 38.7 Å². The lowest BCUT2D eigenvalue weighted by Crippen LogP contribution is -2.41. The summed E-state index contributed by atoms with van der Waals surface area (Å²) in [7, 11) is 0. The van der Waals surface area contributed by atoms with Gasteiger partial charge >= 0.3 is 0 Å². The highest BCUT2D eigenvalue weighted by molar-refractivity contribution is 7.99. The van der Waals surface area contributed by atoms with Gasteiger partial charge in [-0.05, 0) is 19.1 Å². The van der Waals surface area contributed by atoms with Gasteiger partial charge in [-0.25, -0.2) is 4.98 Å². The molecule has 2 heterocycles. The molecule has 0 radical (unpaired) electrons. The number of aromatic amines is 1. The first-order valence-electron chi connectivity index (χ1n) is 7.37. The van der Waals surface area contributed by atoms with E-state index in [1.165, 1.54) is 11.8 Å². The molecule has 6 nitrogen and oxygen atoms in total. The molecular weight excluding hydrogens is 302 g/mol. The second kappa shape index (κ2) is 7.02. The number of H-pyrrole nitrogens is 1. The lowest BCUT2D eigenvalue weighted by molar-refractivity contribution is -0.132. The Kier molecular flexibility index (Phi) is 4.84. The highest BCUT2D eigenvalue weighted by Gasteiger charge is 2.17. The van der Waals surface area contributed by atoms with Gasteiger partial charge in [0.25, 0.3) is 0 Å². The number of carbonyl (C=O) groups is 1. The zero-order valence-corrected chi connectivity index (χ0v) is 13.3. The molecule has 0 bridgehead atoms. The highest BCUT2D eigenvalue weighted by Crippen LogP contribution is 2.23. The highest BCUT2D eigenvalue weighted by atomic mass is 32.2. The first-order valence-corrected chi connectivity index (χ1v) is 8.35. The number of hydrogen-bond donors (Lipinski definition) is 1. The lowest BCUT2D eigenvalue weighted by atomic mass is 10.3. The number of thioether (sulfide) groups is 1. The summed E-state index contributed by atoms with van der Waals surface area (Å²) in [5, 5.41) is 0.755. The van der Waals surface area contributed by atoms with Gasteiger partial charge in [-0.3, -0.25) is 4.79 Å². The molecule has 0 unspecified atom stereocenters. The SMILES string of the molecule is CCOc1ccc2nc(SCC(=O)N3CCOCC3)[nH]c2c1. The maximum atomic E-state index is 12.1. The Morgan fingerprint density at radius 2 is 2.27 bits per heavy atom. The molecule has 7 heteroatoms. The third-order valence-corrected chi connectivity index (χ3v) is 4.30. The van der Waals surface area contributed by atoms with Crippen LogP contribution < -0.4 is 4.74 Å². The normalized spacial score (nSPS) is 15.2. The summed E-state index contributed by atoms with van der Waals surface area (Å²) < 4.78 is 10.7. The predicted molar refractivity (Wildman–Crippen MR) is 85.4 cm³/mol. The predicted octanol–water partition coefficient (Wildman–Crippen LogP) is 1.91. The van der Waals surface area contributed by atoms with Crippen LogP contribution in [0, 0.1) is 0 Å². The summed E-state index contributed by atoms with van der Waals surface area (Å²) in [5.74, 6) is 1.33. The smallest absolute Gasteiger partial charge is 0.233 e. The minimum atomic E-state index is 0.128. The summed E-state index contributed by atoms with van der Waals surface area (Å²) in [6.07, 6.45) is 0. The third kappa shape index (κ3) is 3.53. The van der Waals surface area contributed by atoms with Gasteiger partial charge in [0.15, 0.2) is 5.16 Å². The van der Waals surface area contributed by atoms with Gasteiger partial charge in [0, 0.05) is 19.2 Å². The number of nitrogens with one attached hydrogen (secondary N) is 1. The molecule has 1 aromatic heterocycles. The van der Waals surface area contributed by atoms with Gasteiger partial charge in [-0.15, -0.1) is 0 Å². The van der Waals surface area contributed by atoms with Crippen LogP contribution in [-0.4, -0.2) is 59.4 Å². The number of nitrogens with zero attached hydrogens (tertiary/aromatic N) is 2. The quantitative estimate of drug-likeness (QED) is 0.852. The molecule has 1 fully saturated rings. The fraction of sp³-hybridized carbons (Fsp3) is 0.467. The Balaban J connectivity index is 1.62. The van der Waals surface area contributed by atoms with E-state index in [1.807, 2.05) is 30.0 Å². The van der Waals surface area contributed by atoms with Crippen molar-refractivity contribution in [3.05, 3.63) is 18.2 Å². The third-order valence-electron chi connectivity index (χ3n) is 3.44. The molecule has 3 rings (SSSR count). The van der Waals surface area contributed by atoms with E-state index in [1.54, 1.807) is 0 Å². The minimum Gasteiger partial charge on any atom is -0.494 e. The van der Waals surface area contributed by atoms with Crippen LogP contribution in [0.1, 0.15) is 6.92 Å². The molecule has 0 saturated carbocycles. The molecule has 0 atom stereocenters. The van der Waals surface area contributed by atoms with Crippen LogP contribution in [-0.2, 0) is 9.53 Å². The van der Waals surface area contributed by atoms with E-state index in [9.17, 15) is 4.79 Å². The van der Waals surface area contributed by atoms with Crippen molar-refractivity contribution in [2.45, 2.75) is 12.1 Å². The van der Waals surface area contributed by atoms with Crippen LogP contribution in [0.25, 0.3) is 11.0 Å². The second-order valence-electron chi connectivity index (χ2n) is 4.94. The fourth-order valence-corrected chi connectivity index (χ4v) is 3.11. The molecule has 118 valence electrons. The molecular formula is C15H19N3O3S. The van der Waals surface area contributed by atoms with Crippen LogP contribution in [0.4, 0.5) is 0 Å². The molecule has 2 aromatic rings. The van der Waals surface area contributed by atoms with E-state index in [-0.39, 0.29) is 5.91 Å². The summed E-state index contributed by atoms with van der Waals surface area (Å²) in [4.78, 5) is 21.7. The number of carbonyl (C=O) groups excluding carboxylic acids is 1. The molecule has 1 saturated heterocycles. The van der Waals surface area contributed by atoms with E-state index in [2.05, 4.69) is 9.97 Å². The number of ether oxygens (including phenoxy) is 2. The summed E-state index contributed by atoms with van der Waals surface area (Å²) in [5.41, 5.74) is 1.80. The molecule has 22 heavy (non-hydrogen) atoms. The topological polar surface area (TPSA) is 67.4 Å². The van der Waals surface area contributed by atoms with Crippen LogP contribution in [0.3, 0.4) is 0 Å². The molecule has 1 amide bonds. The zero-order chi connectivity index (χ0) is 15.4. The number of morpholine rings is 1. The van der Waals surface area contributed by atoms with Gasteiger partial charge in [0.1, 0.15) is 5.75 Å². The average Bonchev–Trinajstić information content (AvgIpc) is 2.96. The van der Waals surface area contributed by atoms with Crippen molar-refractivity contribution in [2.24, 2.45) is 0 Å². The van der Waals surface area contributed by atoms with Crippen molar-refractivity contribution in [3.8, 4) is 5.75 Å². The molecule has 1 N–H and O–H groups in total. The van der Waals surface area contributed by atoms with Crippen molar-refractivity contribution >= 4 is 28.7 Å². The van der Waals surface area contributed by atoms with Crippen LogP contribution in [0.5, 0.6) is 5.75 Å².